The summed E-state index contributed by atoms with van der Waals surface area (Å²) in [6.45, 7) is 9.02. The summed E-state index contributed by atoms with van der Waals surface area (Å²) >= 11 is 0. The predicted octanol–water partition coefficient (Wildman–Crippen LogP) is 4.73. The van der Waals surface area contributed by atoms with E-state index in [0.717, 1.165) is 49.0 Å². The summed E-state index contributed by atoms with van der Waals surface area (Å²) in [5.74, 6) is 0.0976. The molecule has 4 rings (SSSR count). The molecule has 1 atom stereocenters. The molecule has 1 aliphatic carbocycles. The fourth-order valence-corrected chi connectivity index (χ4v) is 4.45. The minimum atomic E-state index is 0.0976. The summed E-state index contributed by atoms with van der Waals surface area (Å²) in [6.07, 6.45) is 5.75. The van der Waals surface area contributed by atoms with Crippen LogP contribution in [0.2, 0.25) is 0 Å². The topological polar surface area (TPSA) is 51.0 Å². The first-order chi connectivity index (χ1) is 14.0. The highest BCUT2D eigenvalue weighted by molar-refractivity contribution is 5.98. The molecule has 1 aliphatic rings. The van der Waals surface area contributed by atoms with Crippen molar-refractivity contribution in [2.75, 3.05) is 6.54 Å². The van der Waals surface area contributed by atoms with Crippen LogP contribution in [0.5, 0.6) is 0 Å². The molecular weight excluding hydrogens is 360 g/mol. The molecule has 2 heterocycles. The van der Waals surface area contributed by atoms with Crippen molar-refractivity contribution in [3.8, 4) is 0 Å². The number of carbonyl (C=O) groups is 1. The van der Waals surface area contributed by atoms with E-state index >= 15 is 0 Å². The van der Waals surface area contributed by atoms with Crippen molar-refractivity contribution in [3.63, 3.8) is 0 Å². The Hall–Kier alpha value is -2.69. The van der Waals surface area contributed by atoms with Gasteiger partial charge in [0.05, 0.1) is 17.5 Å². The van der Waals surface area contributed by atoms with Crippen molar-refractivity contribution in [1.29, 1.82) is 0 Å². The first kappa shape index (κ1) is 19.6. The number of rotatable bonds is 5. The number of hydrogen-bond donors (Lipinski definition) is 0. The molecule has 5 nitrogen and oxygen atoms in total. The molecule has 1 unspecified atom stereocenters. The maximum atomic E-state index is 13.6. The zero-order chi connectivity index (χ0) is 20.5. The maximum Gasteiger partial charge on any atom is 0.255 e. The molecule has 0 N–H and O–H groups in total. The van der Waals surface area contributed by atoms with Gasteiger partial charge in [-0.25, -0.2) is 9.67 Å². The van der Waals surface area contributed by atoms with Gasteiger partial charge >= 0.3 is 0 Å². The van der Waals surface area contributed by atoms with E-state index < -0.39 is 0 Å². The third-order valence-electron chi connectivity index (χ3n) is 5.97. The van der Waals surface area contributed by atoms with E-state index in [9.17, 15) is 4.79 Å². The second-order valence-corrected chi connectivity index (χ2v) is 8.38. The summed E-state index contributed by atoms with van der Waals surface area (Å²) in [6, 6.07) is 11.1. The van der Waals surface area contributed by atoms with Crippen LogP contribution in [0.1, 0.15) is 66.8 Å². The lowest BCUT2D eigenvalue weighted by Crippen LogP contribution is -2.44. The number of aromatic nitrogens is 3. The van der Waals surface area contributed by atoms with Crippen molar-refractivity contribution in [1.82, 2.24) is 19.7 Å². The number of hydrogen-bond acceptors (Lipinski definition) is 3. The molecule has 0 saturated heterocycles. The van der Waals surface area contributed by atoms with Gasteiger partial charge in [0.25, 0.3) is 5.91 Å². The Bertz CT molecular complexity index is 1040. The monoisotopic (exact) mass is 390 g/mol. The van der Waals surface area contributed by atoms with Gasteiger partial charge in [0.1, 0.15) is 0 Å². The molecule has 0 aliphatic heterocycles. The summed E-state index contributed by atoms with van der Waals surface area (Å²) in [7, 11) is 0. The average molecular weight is 391 g/mol. The van der Waals surface area contributed by atoms with Crippen LogP contribution in [0, 0.1) is 6.92 Å². The van der Waals surface area contributed by atoms with Crippen molar-refractivity contribution in [2.24, 2.45) is 0 Å². The molecule has 0 spiro atoms. The van der Waals surface area contributed by atoms with Gasteiger partial charge in [-0.1, -0.05) is 31.2 Å². The number of benzene rings is 1. The van der Waals surface area contributed by atoms with E-state index in [0.29, 0.717) is 5.56 Å². The van der Waals surface area contributed by atoms with Gasteiger partial charge < -0.3 is 4.90 Å². The maximum absolute atomic E-state index is 13.6. The molecule has 152 valence electrons. The summed E-state index contributed by atoms with van der Waals surface area (Å²) < 4.78 is 1.92. The van der Waals surface area contributed by atoms with E-state index in [1.54, 1.807) is 0 Å². The van der Waals surface area contributed by atoms with Crippen molar-refractivity contribution < 1.29 is 4.79 Å². The van der Waals surface area contributed by atoms with E-state index in [2.05, 4.69) is 55.0 Å². The second-order valence-electron chi connectivity index (χ2n) is 8.38. The Morgan fingerprint density at radius 3 is 2.76 bits per heavy atom. The lowest BCUT2D eigenvalue weighted by molar-refractivity contribution is 0.0660. The quantitative estimate of drug-likeness (QED) is 0.633. The number of amides is 1. The van der Waals surface area contributed by atoms with Crippen LogP contribution < -0.4 is 0 Å². The van der Waals surface area contributed by atoms with E-state index in [1.165, 1.54) is 11.1 Å². The average Bonchev–Trinajstić information content (AvgIpc) is 3.13. The van der Waals surface area contributed by atoms with Crippen LogP contribution in [0.3, 0.4) is 0 Å². The van der Waals surface area contributed by atoms with Gasteiger partial charge in [-0.3, -0.25) is 4.79 Å². The zero-order valence-corrected chi connectivity index (χ0v) is 17.9. The van der Waals surface area contributed by atoms with E-state index in [-0.39, 0.29) is 18.0 Å². The van der Waals surface area contributed by atoms with Gasteiger partial charge in [0.15, 0.2) is 5.65 Å². The lowest BCUT2D eigenvalue weighted by atomic mass is 9.87. The predicted molar refractivity (Wildman–Crippen MR) is 116 cm³/mol. The van der Waals surface area contributed by atoms with Crippen LogP contribution in [-0.2, 0) is 12.8 Å². The second kappa shape index (κ2) is 7.97. The van der Waals surface area contributed by atoms with Crippen LogP contribution in [-0.4, -0.2) is 38.2 Å². The van der Waals surface area contributed by atoms with Crippen molar-refractivity contribution in [3.05, 3.63) is 58.9 Å². The van der Waals surface area contributed by atoms with Gasteiger partial charge in [-0.15, -0.1) is 0 Å². The molecule has 29 heavy (non-hydrogen) atoms. The number of nitrogens with zero attached hydrogens (tertiary/aromatic N) is 4. The van der Waals surface area contributed by atoms with Gasteiger partial charge in [-0.05, 0) is 63.6 Å². The standard InChI is InChI=1S/C24H30N4O/c1-5-12-27(21-11-10-18-8-6-7-9-19(18)13-21)24(29)22-14-20-15-25-28(16(2)3)23(20)26-17(22)4/h6-9,14-16,21H,5,10-13H2,1-4H3. The fourth-order valence-electron chi connectivity index (χ4n) is 4.45. The minimum absolute atomic E-state index is 0.0976. The van der Waals surface area contributed by atoms with Crippen LogP contribution in [0.4, 0.5) is 0 Å². The molecule has 3 aromatic rings. The Morgan fingerprint density at radius 1 is 1.28 bits per heavy atom. The van der Waals surface area contributed by atoms with E-state index in [1.807, 2.05) is 23.9 Å². The highest BCUT2D eigenvalue weighted by Gasteiger charge is 2.29. The summed E-state index contributed by atoms with van der Waals surface area (Å²) in [5, 5.41) is 5.39. The summed E-state index contributed by atoms with van der Waals surface area (Å²) in [5.41, 5.74) is 5.13. The van der Waals surface area contributed by atoms with Crippen molar-refractivity contribution in [2.45, 2.75) is 65.5 Å². The molecule has 0 fully saturated rings. The molecule has 0 radical (unpaired) electrons. The Kier molecular flexibility index (Phi) is 5.39. The highest BCUT2D eigenvalue weighted by Crippen LogP contribution is 2.27. The first-order valence-electron chi connectivity index (χ1n) is 10.7. The Balaban J connectivity index is 1.66. The number of carbonyl (C=O) groups excluding carboxylic acids is 1. The Labute approximate surface area is 172 Å². The molecule has 1 amide bonds. The van der Waals surface area contributed by atoms with Crippen LogP contribution in [0.15, 0.2) is 36.5 Å². The number of aryl methyl sites for hydroxylation is 2. The molecule has 1 aromatic carbocycles. The smallest absolute Gasteiger partial charge is 0.255 e. The van der Waals surface area contributed by atoms with Crippen LogP contribution >= 0.6 is 0 Å². The minimum Gasteiger partial charge on any atom is -0.335 e. The van der Waals surface area contributed by atoms with Crippen molar-refractivity contribution >= 4 is 16.9 Å². The highest BCUT2D eigenvalue weighted by atomic mass is 16.2. The van der Waals surface area contributed by atoms with Gasteiger partial charge in [0.2, 0.25) is 0 Å². The normalized spacial score (nSPS) is 16.2. The van der Waals surface area contributed by atoms with Gasteiger partial charge in [-0.2, -0.15) is 5.10 Å². The number of pyridine rings is 1. The molecule has 0 bridgehead atoms. The molecular formula is C24H30N4O. The third-order valence-corrected chi connectivity index (χ3v) is 5.97. The van der Waals surface area contributed by atoms with Crippen LogP contribution in [0.25, 0.3) is 11.0 Å². The number of fused-ring (bicyclic) bond motifs is 2. The fraction of sp³-hybridized carbons (Fsp3) is 0.458. The Morgan fingerprint density at radius 2 is 2.03 bits per heavy atom. The lowest BCUT2D eigenvalue weighted by Gasteiger charge is -2.35. The molecule has 2 aromatic heterocycles. The largest absolute Gasteiger partial charge is 0.335 e. The first-order valence-corrected chi connectivity index (χ1v) is 10.7. The zero-order valence-electron chi connectivity index (χ0n) is 17.9. The molecule has 0 saturated carbocycles. The molecule has 5 heteroatoms. The van der Waals surface area contributed by atoms with Gasteiger partial charge in [0, 0.05) is 24.0 Å². The third kappa shape index (κ3) is 3.66. The SMILES string of the molecule is CCCN(C(=O)c1cc2cnn(C(C)C)c2nc1C)C1CCc2ccccc2C1. The van der Waals surface area contributed by atoms with E-state index in [4.69, 9.17) is 4.98 Å². The summed E-state index contributed by atoms with van der Waals surface area (Å²) in [4.78, 5) is 20.4.